The Morgan fingerprint density at radius 2 is 2.00 bits per heavy atom. The van der Waals surface area contributed by atoms with Crippen molar-refractivity contribution in [2.75, 3.05) is 0 Å². The molecule has 1 aromatic carbocycles. The maximum atomic E-state index is 8.69. The van der Waals surface area contributed by atoms with Gasteiger partial charge in [0.05, 0.1) is 5.56 Å². The first-order valence-electron chi connectivity index (χ1n) is 3.35. The van der Waals surface area contributed by atoms with Gasteiger partial charge in [0.2, 0.25) is 0 Å². The first kappa shape index (κ1) is 8.16. The van der Waals surface area contributed by atoms with Crippen molar-refractivity contribution in [1.29, 1.82) is 5.26 Å². The molecule has 0 aliphatic heterocycles. The molecular weight excluding hydrogens is 154 g/mol. The highest BCUT2D eigenvalue weighted by atomic mass is 32.1. The van der Waals surface area contributed by atoms with Gasteiger partial charge in [-0.25, -0.2) is 0 Å². The molecule has 0 fully saturated rings. The van der Waals surface area contributed by atoms with Gasteiger partial charge >= 0.3 is 0 Å². The predicted molar refractivity (Wildman–Crippen MR) is 47.9 cm³/mol. The van der Waals surface area contributed by atoms with Gasteiger partial charge < -0.3 is 0 Å². The number of nitrogens with zero attached hydrogens (tertiary/aromatic N) is 1. The van der Waals surface area contributed by atoms with Gasteiger partial charge in [0.1, 0.15) is 6.07 Å². The SMILES string of the molecule is Cc1cc(C)c(C#N)c(S)c1. The third-order valence-corrected chi connectivity index (χ3v) is 1.92. The Kier molecular flexibility index (Phi) is 2.21. The van der Waals surface area contributed by atoms with Crippen LogP contribution in [0, 0.1) is 25.2 Å². The zero-order valence-corrected chi connectivity index (χ0v) is 7.44. The zero-order chi connectivity index (χ0) is 8.43. The molecule has 0 N–H and O–H groups in total. The Morgan fingerprint density at radius 3 is 2.45 bits per heavy atom. The van der Waals surface area contributed by atoms with E-state index >= 15 is 0 Å². The van der Waals surface area contributed by atoms with E-state index in [1.807, 2.05) is 26.0 Å². The molecule has 56 valence electrons. The van der Waals surface area contributed by atoms with Gasteiger partial charge in [-0.05, 0) is 31.0 Å². The lowest BCUT2D eigenvalue weighted by atomic mass is 10.1. The van der Waals surface area contributed by atoms with Gasteiger partial charge in [-0.1, -0.05) is 6.07 Å². The third kappa shape index (κ3) is 1.55. The molecule has 0 bridgehead atoms. The number of thiol groups is 1. The minimum atomic E-state index is 0.680. The molecule has 1 nitrogen and oxygen atoms in total. The molecule has 0 aliphatic carbocycles. The fraction of sp³-hybridized carbons (Fsp3) is 0.222. The number of nitriles is 1. The summed E-state index contributed by atoms with van der Waals surface area (Å²) < 4.78 is 0. The molecule has 1 rings (SSSR count). The predicted octanol–water partition coefficient (Wildman–Crippen LogP) is 2.46. The van der Waals surface area contributed by atoms with Crippen LogP contribution in [-0.2, 0) is 0 Å². The minimum Gasteiger partial charge on any atom is -0.192 e. The van der Waals surface area contributed by atoms with E-state index in [4.69, 9.17) is 5.26 Å². The van der Waals surface area contributed by atoms with E-state index in [0.717, 1.165) is 16.0 Å². The lowest BCUT2D eigenvalue weighted by Crippen LogP contribution is -1.85. The van der Waals surface area contributed by atoms with Gasteiger partial charge in [0.15, 0.2) is 0 Å². The first-order chi connectivity index (χ1) is 5.15. The van der Waals surface area contributed by atoms with E-state index < -0.39 is 0 Å². The number of hydrogen-bond donors (Lipinski definition) is 1. The van der Waals surface area contributed by atoms with Crippen LogP contribution < -0.4 is 0 Å². The summed E-state index contributed by atoms with van der Waals surface area (Å²) in [5, 5.41) is 8.69. The smallest absolute Gasteiger partial charge is 0.101 e. The monoisotopic (exact) mass is 163 g/mol. The average molecular weight is 163 g/mol. The van der Waals surface area contributed by atoms with E-state index in [-0.39, 0.29) is 0 Å². The Hall–Kier alpha value is -0.940. The fourth-order valence-electron chi connectivity index (χ4n) is 1.09. The van der Waals surface area contributed by atoms with Gasteiger partial charge in [-0.15, -0.1) is 12.6 Å². The zero-order valence-electron chi connectivity index (χ0n) is 6.55. The minimum absolute atomic E-state index is 0.680. The summed E-state index contributed by atoms with van der Waals surface area (Å²) in [7, 11) is 0. The quantitative estimate of drug-likeness (QED) is 0.583. The summed E-state index contributed by atoms with van der Waals surface area (Å²) >= 11 is 4.19. The van der Waals surface area contributed by atoms with Gasteiger partial charge in [0, 0.05) is 4.90 Å². The molecule has 0 atom stereocenters. The van der Waals surface area contributed by atoms with E-state index in [9.17, 15) is 0 Å². The summed E-state index contributed by atoms with van der Waals surface area (Å²) in [6.45, 7) is 3.92. The summed E-state index contributed by atoms with van der Waals surface area (Å²) in [6, 6.07) is 6.00. The summed E-state index contributed by atoms with van der Waals surface area (Å²) in [4.78, 5) is 0.769. The van der Waals surface area contributed by atoms with Crippen molar-refractivity contribution in [3.8, 4) is 6.07 Å². The number of aryl methyl sites for hydroxylation is 2. The molecule has 0 aliphatic rings. The molecule has 0 spiro atoms. The normalized spacial score (nSPS) is 9.27. The largest absolute Gasteiger partial charge is 0.192 e. The molecule has 0 amide bonds. The van der Waals surface area contributed by atoms with Gasteiger partial charge in [-0.2, -0.15) is 5.26 Å². The Morgan fingerprint density at radius 1 is 1.36 bits per heavy atom. The lowest BCUT2D eigenvalue weighted by molar-refractivity contribution is 1.25. The molecule has 0 unspecified atom stereocenters. The van der Waals surface area contributed by atoms with E-state index in [1.54, 1.807) is 0 Å². The topological polar surface area (TPSA) is 23.8 Å². The van der Waals surface area contributed by atoms with Crippen LogP contribution >= 0.6 is 12.6 Å². The maximum Gasteiger partial charge on any atom is 0.101 e. The lowest BCUT2D eigenvalue weighted by Gasteiger charge is -2.01. The van der Waals surface area contributed by atoms with Crippen LogP contribution in [0.1, 0.15) is 16.7 Å². The first-order valence-corrected chi connectivity index (χ1v) is 3.80. The van der Waals surface area contributed by atoms with Crippen molar-refractivity contribution >= 4 is 12.6 Å². The molecular formula is C9H9NS. The van der Waals surface area contributed by atoms with E-state index in [1.165, 1.54) is 0 Å². The molecule has 1 aromatic rings. The third-order valence-electron chi connectivity index (χ3n) is 1.57. The van der Waals surface area contributed by atoms with Crippen molar-refractivity contribution in [3.63, 3.8) is 0 Å². The van der Waals surface area contributed by atoms with Crippen LogP contribution in [0.2, 0.25) is 0 Å². The molecule has 11 heavy (non-hydrogen) atoms. The molecule has 0 radical (unpaired) electrons. The van der Waals surface area contributed by atoms with Crippen molar-refractivity contribution in [1.82, 2.24) is 0 Å². The van der Waals surface area contributed by atoms with E-state index in [2.05, 4.69) is 18.7 Å². The van der Waals surface area contributed by atoms with Gasteiger partial charge in [-0.3, -0.25) is 0 Å². The molecule has 0 saturated carbocycles. The molecule has 0 aromatic heterocycles. The standard InChI is InChI=1S/C9H9NS/c1-6-3-7(2)8(5-10)9(11)4-6/h3-4,11H,1-2H3. The Balaban J connectivity index is 3.40. The van der Waals surface area contributed by atoms with Crippen molar-refractivity contribution < 1.29 is 0 Å². The number of hydrogen-bond acceptors (Lipinski definition) is 2. The van der Waals surface area contributed by atoms with Crippen LogP contribution in [0.3, 0.4) is 0 Å². The van der Waals surface area contributed by atoms with Crippen molar-refractivity contribution in [2.45, 2.75) is 18.7 Å². The van der Waals surface area contributed by atoms with Crippen LogP contribution in [0.25, 0.3) is 0 Å². The highest BCUT2D eigenvalue weighted by Crippen LogP contribution is 2.18. The van der Waals surface area contributed by atoms with E-state index in [0.29, 0.717) is 5.56 Å². The van der Waals surface area contributed by atoms with Crippen LogP contribution in [0.15, 0.2) is 17.0 Å². The average Bonchev–Trinajstić information content (AvgIpc) is 1.85. The fourth-order valence-corrected chi connectivity index (χ4v) is 1.52. The van der Waals surface area contributed by atoms with Gasteiger partial charge in [0.25, 0.3) is 0 Å². The maximum absolute atomic E-state index is 8.69. The molecule has 2 heteroatoms. The second-order valence-corrected chi connectivity index (χ2v) is 3.07. The summed E-state index contributed by atoms with van der Waals surface area (Å²) in [5.41, 5.74) is 2.82. The van der Waals surface area contributed by atoms with Crippen LogP contribution in [0.4, 0.5) is 0 Å². The summed E-state index contributed by atoms with van der Waals surface area (Å²) in [5.74, 6) is 0. The van der Waals surface area contributed by atoms with Crippen molar-refractivity contribution in [2.24, 2.45) is 0 Å². The summed E-state index contributed by atoms with van der Waals surface area (Å²) in [6.07, 6.45) is 0. The second-order valence-electron chi connectivity index (χ2n) is 2.59. The second kappa shape index (κ2) is 2.98. The highest BCUT2D eigenvalue weighted by molar-refractivity contribution is 7.80. The molecule has 0 saturated heterocycles. The highest BCUT2D eigenvalue weighted by Gasteiger charge is 2.01. The van der Waals surface area contributed by atoms with Crippen LogP contribution in [-0.4, -0.2) is 0 Å². The van der Waals surface area contributed by atoms with Crippen LogP contribution in [0.5, 0.6) is 0 Å². The molecule has 0 heterocycles. The van der Waals surface area contributed by atoms with Crippen molar-refractivity contribution in [3.05, 3.63) is 28.8 Å². The Labute approximate surface area is 72.1 Å². The number of benzene rings is 1. The Bertz CT molecular complexity index is 300. The number of rotatable bonds is 0.